The molecule has 162 valence electrons. The van der Waals surface area contributed by atoms with Gasteiger partial charge in [0.15, 0.2) is 0 Å². The summed E-state index contributed by atoms with van der Waals surface area (Å²) in [5, 5.41) is 0. The fraction of sp³-hybridized carbons (Fsp3) is 0.375. The summed E-state index contributed by atoms with van der Waals surface area (Å²) in [6.45, 7) is 2.82. The number of ether oxygens (including phenoxy) is 1. The first-order valence-corrected chi connectivity index (χ1v) is 10.6. The van der Waals surface area contributed by atoms with E-state index < -0.39 is 5.66 Å². The van der Waals surface area contributed by atoms with E-state index in [0.717, 1.165) is 5.75 Å². The van der Waals surface area contributed by atoms with E-state index in [-0.39, 0.29) is 24.3 Å². The van der Waals surface area contributed by atoms with Gasteiger partial charge in [0.05, 0.1) is 17.9 Å². The monoisotopic (exact) mass is 421 g/mol. The van der Waals surface area contributed by atoms with Gasteiger partial charge >= 0.3 is 0 Å². The molecule has 4 rings (SSSR count). The molecule has 7 nitrogen and oxygen atoms in total. The standard InChI is InChI=1S/C24H27N3O4/c1-24-14-13-21(28)27(24)20-12-7-6-11-19(20)23(30)26(24)17-22(29)25(2)15-8-16-31-18-9-4-3-5-10-18/h3-7,9-12H,8,13-17H2,1-2H3. The molecule has 0 spiro atoms. The van der Waals surface area contributed by atoms with Crippen molar-refractivity contribution >= 4 is 23.4 Å². The van der Waals surface area contributed by atoms with Gasteiger partial charge in [0.1, 0.15) is 18.0 Å². The molecule has 0 aliphatic carbocycles. The van der Waals surface area contributed by atoms with Crippen molar-refractivity contribution in [3.8, 4) is 5.75 Å². The van der Waals surface area contributed by atoms with Crippen LogP contribution in [0.4, 0.5) is 5.69 Å². The van der Waals surface area contributed by atoms with Crippen molar-refractivity contribution in [2.45, 2.75) is 31.8 Å². The van der Waals surface area contributed by atoms with Crippen LogP contribution in [0.2, 0.25) is 0 Å². The lowest BCUT2D eigenvalue weighted by Crippen LogP contribution is -2.63. The largest absolute Gasteiger partial charge is 0.494 e. The molecule has 7 heteroatoms. The highest BCUT2D eigenvalue weighted by molar-refractivity contribution is 6.11. The van der Waals surface area contributed by atoms with Gasteiger partial charge in [-0.05, 0) is 44.0 Å². The van der Waals surface area contributed by atoms with Crippen molar-refractivity contribution in [2.24, 2.45) is 0 Å². The number of para-hydroxylation sites is 2. The maximum Gasteiger partial charge on any atom is 0.258 e. The number of rotatable bonds is 7. The minimum Gasteiger partial charge on any atom is -0.494 e. The summed E-state index contributed by atoms with van der Waals surface area (Å²) < 4.78 is 5.68. The molecule has 3 amide bonds. The summed E-state index contributed by atoms with van der Waals surface area (Å²) >= 11 is 0. The van der Waals surface area contributed by atoms with Crippen LogP contribution < -0.4 is 9.64 Å². The van der Waals surface area contributed by atoms with Gasteiger partial charge in [-0.2, -0.15) is 0 Å². The third kappa shape index (κ3) is 3.87. The zero-order valence-corrected chi connectivity index (χ0v) is 17.9. The highest BCUT2D eigenvalue weighted by atomic mass is 16.5. The van der Waals surface area contributed by atoms with Gasteiger partial charge in [-0.3, -0.25) is 19.3 Å². The van der Waals surface area contributed by atoms with Gasteiger partial charge in [0, 0.05) is 20.0 Å². The molecule has 2 aliphatic rings. The fourth-order valence-electron chi connectivity index (χ4n) is 4.33. The molecule has 1 atom stereocenters. The first kappa shape index (κ1) is 20.9. The van der Waals surface area contributed by atoms with Gasteiger partial charge in [0.2, 0.25) is 11.8 Å². The maximum atomic E-state index is 13.2. The van der Waals surface area contributed by atoms with Crippen LogP contribution in [-0.2, 0) is 9.59 Å². The summed E-state index contributed by atoms with van der Waals surface area (Å²) in [5.74, 6) is 0.408. The summed E-state index contributed by atoms with van der Waals surface area (Å²) in [4.78, 5) is 43.7. The van der Waals surface area contributed by atoms with Gasteiger partial charge in [0.25, 0.3) is 5.91 Å². The zero-order valence-electron chi connectivity index (χ0n) is 17.9. The second-order valence-electron chi connectivity index (χ2n) is 8.18. The summed E-state index contributed by atoms with van der Waals surface area (Å²) in [6, 6.07) is 16.7. The minimum atomic E-state index is -0.824. The Morgan fingerprint density at radius 3 is 2.58 bits per heavy atom. The second kappa shape index (κ2) is 8.41. The average Bonchev–Trinajstić information content (AvgIpc) is 3.10. The van der Waals surface area contributed by atoms with E-state index in [4.69, 9.17) is 4.74 Å². The van der Waals surface area contributed by atoms with Gasteiger partial charge in [-0.15, -0.1) is 0 Å². The summed E-state index contributed by atoms with van der Waals surface area (Å²) in [5.41, 5.74) is 0.268. The SMILES string of the molecule is CN(CCCOc1ccccc1)C(=O)CN1C(=O)c2ccccc2N2C(=O)CCC12C. The number of hydrogen-bond donors (Lipinski definition) is 0. The number of nitrogens with zero attached hydrogens (tertiary/aromatic N) is 3. The molecule has 31 heavy (non-hydrogen) atoms. The number of likely N-dealkylation sites (N-methyl/N-ethyl adjacent to an activating group) is 1. The van der Waals surface area contributed by atoms with E-state index in [1.165, 1.54) is 0 Å². The first-order chi connectivity index (χ1) is 14.9. The quantitative estimate of drug-likeness (QED) is 0.645. The Hall–Kier alpha value is -3.35. The van der Waals surface area contributed by atoms with Gasteiger partial charge in [-0.25, -0.2) is 0 Å². The Balaban J connectivity index is 1.41. The number of carbonyl (C=O) groups excluding carboxylic acids is 3. The molecule has 2 heterocycles. The van der Waals surface area contributed by atoms with Crippen molar-refractivity contribution in [3.05, 3.63) is 60.2 Å². The van der Waals surface area contributed by atoms with E-state index in [0.29, 0.717) is 43.7 Å². The predicted octanol–water partition coefficient (Wildman–Crippen LogP) is 2.91. The number of amides is 3. The van der Waals surface area contributed by atoms with Crippen LogP contribution in [0.25, 0.3) is 0 Å². The van der Waals surface area contributed by atoms with E-state index in [9.17, 15) is 14.4 Å². The topological polar surface area (TPSA) is 70.2 Å². The van der Waals surface area contributed by atoms with Crippen LogP contribution in [0.1, 0.15) is 36.5 Å². The Kier molecular flexibility index (Phi) is 5.67. The molecular formula is C24H27N3O4. The lowest BCUT2D eigenvalue weighted by atomic mass is 9.98. The molecule has 0 aromatic heterocycles. The Labute approximate surface area is 182 Å². The highest BCUT2D eigenvalue weighted by Gasteiger charge is 2.53. The third-order valence-electron chi connectivity index (χ3n) is 6.11. The second-order valence-corrected chi connectivity index (χ2v) is 8.18. The van der Waals surface area contributed by atoms with Crippen LogP contribution >= 0.6 is 0 Å². The number of carbonyl (C=O) groups is 3. The number of anilines is 1. The lowest BCUT2D eigenvalue weighted by Gasteiger charge is -2.48. The molecule has 0 N–H and O–H groups in total. The van der Waals surface area contributed by atoms with Crippen molar-refractivity contribution in [1.82, 2.24) is 9.80 Å². The van der Waals surface area contributed by atoms with Crippen molar-refractivity contribution in [3.63, 3.8) is 0 Å². The zero-order chi connectivity index (χ0) is 22.0. The normalized spacial score (nSPS) is 19.8. The summed E-state index contributed by atoms with van der Waals surface area (Å²) in [7, 11) is 1.73. The Morgan fingerprint density at radius 1 is 1.10 bits per heavy atom. The Morgan fingerprint density at radius 2 is 1.81 bits per heavy atom. The smallest absolute Gasteiger partial charge is 0.258 e. The maximum absolute atomic E-state index is 13.2. The number of hydrogen-bond acceptors (Lipinski definition) is 4. The molecule has 2 aromatic rings. The lowest BCUT2D eigenvalue weighted by molar-refractivity contribution is -0.132. The Bertz CT molecular complexity index is 993. The van der Waals surface area contributed by atoms with Crippen molar-refractivity contribution in [1.29, 1.82) is 0 Å². The molecule has 1 fully saturated rings. The molecule has 0 radical (unpaired) electrons. The minimum absolute atomic E-state index is 0.0219. The molecular weight excluding hydrogens is 394 g/mol. The van der Waals surface area contributed by atoms with E-state index in [2.05, 4.69) is 0 Å². The van der Waals surface area contributed by atoms with Crippen molar-refractivity contribution in [2.75, 3.05) is 31.6 Å². The van der Waals surface area contributed by atoms with E-state index >= 15 is 0 Å². The molecule has 0 bridgehead atoms. The van der Waals surface area contributed by atoms with Crippen LogP contribution in [0.5, 0.6) is 5.75 Å². The van der Waals surface area contributed by atoms with Gasteiger partial charge in [-0.1, -0.05) is 30.3 Å². The van der Waals surface area contributed by atoms with Crippen LogP contribution in [0.3, 0.4) is 0 Å². The third-order valence-corrected chi connectivity index (χ3v) is 6.11. The molecule has 2 aliphatic heterocycles. The predicted molar refractivity (Wildman–Crippen MR) is 117 cm³/mol. The molecule has 1 saturated heterocycles. The molecule has 2 aromatic carbocycles. The van der Waals surface area contributed by atoms with Crippen molar-refractivity contribution < 1.29 is 19.1 Å². The molecule has 1 unspecified atom stereocenters. The van der Waals surface area contributed by atoms with Crippen LogP contribution in [0, 0.1) is 0 Å². The fourth-order valence-corrected chi connectivity index (χ4v) is 4.33. The highest BCUT2D eigenvalue weighted by Crippen LogP contribution is 2.43. The molecule has 0 saturated carbocycles. The van der Waals surface area contributed by atoms with Crippen LogP contribution in [0.15, 0.2) is 54.6 Å². The van der Waals surface area contributed by atoms with E-state index in [1.807, 2.05) is 43.3 Å². The summed E-state index contributed by atoms with van der Waals surface area (Å²) in [6.07, 6.45) is 1.54. The number of benzene rings is 2. The van der Waals surface area contributed by atoms with E-state index in [1.54, 1.807) is 39.9 Å². The van der Waals surface area contributed by atoms with Gasteiger partial charge < -0.3 is 14.5 Å². The average molecular weight is 421 g/mol. The van der Waals surface area contributed by atoms with Crippen LogP contribution in [-0.4, -0.2) is 59.9 Å². The number of fused-ring (bicyclic) bond motifs is 3. The first-order valence-electron chi connectivity index (χ1n) is 10.6.